The third kappa shape index (κ3) is 4.01. The number of methoxy groups -OCH3 is 1. The lowest BCUT2D eigenvalue weighted by atomic mass is 10.1. The Balaban J connectivity index is 2.48. The van der Waals surface area contributed by atoms with Gasteiger partial charge in [0, 0.05) is 7.11 Å². The molecule has 1 heterocycles. The third-order valence-corrected chi connectivity index (χ3v) is 2.53. The molecule has 1 fully saturated rings. The van der Waals surface area contributed by atoms with Gasteiger partial charge in [0.25, 0.3) is 0 Å². The minimum atomic E-state index is -0.0243. The van der Waals surface area contributed by atoms with E-state index in [0.717, 1.165) is 0 Å². The number of hydrogen-bond acceptors (Lipinski definition) is 4. The number of ether oxygens (including phenoxy) is 4. The van der Waals surface area contributed by atoms with Crippen LogP contribution in [0.1, 0.15) is 27.7 Å². The maximum Gasteiger partial charge on any atom is 0.115 e. The molecule has 1 unspecified atom stereocenters. The predicted molar refractivity (Wildman–Crippen MR) is 61.6 cm³/mol. The minimum absolute atomic E-state index is 0.0168. The number of hydrogen-bond donors (Lipinski definition) is 0. The summed E-state index contributed by atoms with van der Waals surface area (Å²) in [6.45, 7) is 9.22. The van der Waals surface area contributed by atoms with Gasteiger partial charge in [0.05, 0.1) is 25.4 Å². The number of rotatable bonds is 6. The SMILES string of the molecule is CO[C@@H]1CO[C@H](COC(C)C)C1OC(C)C. The lowest BCUT2D eigenvalue weighted by Gasteiger charge is -2.25. The summed E-state index contributed by atoms with van der Waals surface area (Å²) in [6, 6.07) is 0. The van der Waals surface area contributed by atoms with Crippen LogP contribution in [-0.2, 0) is 18.9 Å². The lowest BCUT2D eigenvalue weighted by molar-refractivity contribution is -0.0976. The first-order valence-electron chi connectivity index (χ1n) is 5.96. The molecule has 0 aliphatic carbocycles. The van der Waals surface area contributed by atoms with Crippen molar-refractivity contribution in [2.75, 3.05) is 20.3 Å². The van der Waals surface area contributed by atoms with Crippen LogP contribution in [0.4, 0.5) is 0 Å². The van der Waals surface area contributed by atoms with Gasteiger partial charge < -0.3 is 18.9 Å². The molecule has 1 saturated heterocycles. The van der Waals surface area contributed by atoms with Crippen LogP contribution >= 0.6 is 0 Å². The molecule has 0 aromatic rings. The van der Waals surface area contributed by atoms with E-state index in [-0.39, 0.29) is 30.5 Å². The molecule has 1 aliphatic heterocycles. The van der Waals surface area contributed by atoms with Crippen molar-refractivity contribution in [3.63, 3.8) is 0 Å². The Hall–Kier alpha value is -0.160. The summed E-state index contributed by atoms with van der Waals surface area (Å²) in [6.07, 6.45) is 0.359. The summed E-state index contributed by atoms with van der Waals surface area (Å²) in [5.41, 5.74) is 0. The summed E-state index contributed by atoms with van der Waals surface area (Å²) in [5, 5.41) is 0. The molecule has 0 spiro atoms. The average molecular weight is 232 g/mol. The Morgan fingerprint density at radius 1 is 1.19 bits per heavy atom. The molecule has 0 aromatic heterocycles. The maximum absolute atomic E-state index is 5.83. The highest BCUT2D eigenvalue weighted by Crippen LogP contribution is 2.22. The average Bonchev–Trinajstić information content (AvgIpc) is 2.56. The molecular weight excluding hydrogens is 208 g/mol. The standard InChI is InChI=1S/C12H24O4/c1-8(2)14-7-11-12(16-9(3)4)10(13-5)6-15-11/h8-12H,6-7H2,1-5H3/t10-,11-,12?/m1/s1. The fraction of sp³-hybridized carbons (Fsp3) is 1.00. The van der Waals surface area contributed by atoms with Crippen molar-refractivity contribution in [1.29, 1.82) is 0 Å². The van der Waals surface area contributed by atoms with E-state index >= 15 is 0 Å². The van der Waals surface area contributed by atoms with Crippen LogP contribution in [0.3, 0.4) is 0 Å². The monoisotopic (exact) mass is 232 g/mol. The molecule has 0 bridgehead atoms. The second-order valence-electron chi connectivity index (χ2n) is 4.68. The van der Waals surface area contributed by atoms with Crippen LogP contribution in [0.5, 0.6) is 0 Å². The Labute approximate surface area is 98.2 Å². The van der Waals surface area contributed by atoms with E-state index in [0.29, 0.717) is 13.2 Å². The normalized spacial score (nSPS) is 30.6. The zero-order chi connectivity index (χ0) is 12.1. The van der Waals surface area contributed by atoms with Crippen molar-refractivity contribution < 1.29 is 18.9 Å². The maximum atomic E-state index is 5.83. The minimum Gasteiger partial charge on any atom is -0.376 e. The van der Waals surface area contributed by atoms with Gasteiger partial charge in [-0.15, -0.1) is 0 Å². The quantitative estimate of drug-likeness (QED) is 0.697. The van der Waals surface area contributed by atoms with Crippen LogP contribution < -0.4 is 0 Å². The van der Waals surface area contributed by atoms with Crippen LogP contribution in [0, 0.1) is 0 Å². The van der Waals surface area contributed by atoms with Gasteiger partial charge in [-0.05, 0) is 27.7 Å². The first-order valence-corrected chi connectivity index (χ1v) is 5.96. The van der Waals surface area contributed by atoms with Gasteiger partial charge in [0.1, 0.15) is 18.3 Å². The molecule has 3 atom stereocenters. The molecule has 4 heteroatoms. The molecule has 0 amide bonds. The van der Waals surface area contributed by atoms with Crippen molar-refractivity contribution in [2.24, 2.45) is 0 Å². The second kappa shape index (κ2) is 6.55. The Morgan fingerprint density at radius 3 is 2.38 bits per heavy atom. The Morgan fingerprint density at radius 2 is 1.88 bits per heavy atom. The van der Waals surface area contributed by atoms with E-state index in [4.69, 9.17) is 18.9 Å². The molecule has 0 aromatic carbocycles. The fourth-order valence-electron chi connectivity index (χ4n) is 1.77. The lowest BCUT2D eigenvalue weighted by Crippen LogP contribution is -2.39. The van der Waals surface area contributed by atoms with Gasteiger partial charge in [0.15, 0.2) is 0 Å². The highest BCUT2D eigenvalue weighted by molar-refractivity contribution is 4.86. The smallest absolute Gasteiger partial charge is 0.115 e. The summed E-state index contributed by atoms with van der Waals surface area (Å²) in [4.78, 5) is 0. The Bertz CT molecular complexity index is 193. The largest absolute Gasteiger partial charge is 0.376 e. The van der Waals surface area contributed by atoms with Crippen molar-refractivity contribution in [2.45, 2.75) is 58.2 Å². The summed E-state index contributed by atoms with van der Waals surface area (Å²) >= 11 is 0. The molecule has 0 N–H and O–H groups in total. The van der Waals surface area contributed by atoms with E-state index < -0.39 is 0 Å². The van der Waals surface area contributed by atoms with Crippen LogP contribution in [0.2, 0.25) is 0 Å². The predicted octanol–water partition coefficient (Wildman–Crippen LogP) is 1.62. The van der Waals surface area contributed by atoms with Gasteiger partial charge >= 0.3 is 0 Å². The molecule has 1 aliphatic rings. The molecular formula is C12H24O4. The van der Waals surface area contributed by atoms with E-state index in [9.17, 15) is 0 Å². The second-order valence-corrected chi connectivity index (χ2v) is 4.68. The van der Waals surface area contributed by atoms with Gasteiger partial charge in [-0.3, -0.25) is 0 Å². The summed E-state index contributed by atoms with van der Waals surface area (Å²) in [5.74, 6) is 0. The Kier molecular flexibility index (Phi) is 5.69. The van der Waals surface area contributed by atoms with E-state index in [2.05, 4.69) is 0 Å². The van der Waals surface area contributed by atoms with Crippen LogP contribution in [-0.4, -0.2) is 50.8 Å². The van der Waals surface area contributed by atoms with Gasteiger partial charge in [-0.1, -0.05) is 0 Å². The van der Waals surface area contributed by atoms with Gasteiger partial charge in [-0.2, -0.15) is 0 Å². The fourth-order valence-corrected chi connectivity index (χ4v) is 1.77. The van der Waals surface area contributed by atoms with E-state index in [1.165, 1.54) is 0 Å². The van der Waals surface area contributed by atoms with Crippen LogP contribution in [0.15, 0.2) is 0 Å². The van der Waals surface area contributed by atoms with Gasteiger partial charge in [0.2, 0.25) is 0 Å². The van der Waals surface area contributed by atoms with Gasteiger partial charge in [-0.25, -0.2) is 0 Å². The van der Waals surface area contributed by atoms with Crippen molar-refractivity contribution in [3.8, 4) is 0 Å². The zero-order valence-corrected chi connectivity index (χ0v) is 10.9. The zero-order valence-electron chi connectivity index (χ0n) is 10.9. The molecule has 4 nitrogen and oxygen atoms in total. The van der Waals surface area contributed by atoms with Crippen molar-refractivity contribution >= 4 is 0 Å². The molecule has 96 valence electrons. The molecule has 16 heavy (non-hydrogen) atoms. The van der Waals surface area contributed by atoms with E-state index in [1.54, 1.807) is 7.11 Å². The molecule has 0 radical (unpaired) electrons. The first-order chi connectivity index (χ1) is 7.54. The highest BCUT2D eigenvalue weighted by Gasteiger charge is 2.39. The summed E-state index contributed by atoms with van der Waals surface area (Å²) < 4.78 is 22.4. The van der Waals surface area contributed by atoms with Crippen LogP contribution in [0.25, 0.3) is 0 Å². The first kappa shape index (κ1) is 13.9. The highest BCUT2D eigenvalue weighted by atomic mass is 16.6. The van der Waals surface area contributed by atoms with Crippen molar-refractivity contribution in [1.82, 2.24) is 0 Å². The topological polar surface area (TPSA) is 36.9 Å². The molecule has 1 rings (SSSR count). The van der Waals surface area contributed by atoms with Crippen molar-refractivity contribution in [3.05, 3.63) is 0 Å². The summed E-state index contributed by atoms with van der Waals surface area (Å²) in [7, 11) is 1.69. The molecule has 0 saturated carbocycles. The third-order valence-electron chi connectivity index (χ3n) is 2.53. The van der Waals surface area contributed by atoms with E-state index in [1.807, 2.05) is 27.7 Å².